The van der Waals surface area contributed by atoms with E-state index in [4.69, 9.17) is 0 Å². The molecular formula is C12H24N2O2. The summed E-state index contributed by atoms with van der Waals surface area (Å²) in [4.78, 5) is 13.3. The predicted molar refractivity (Wildman–Crippen MR) is 64.1 cm³/mol. The van der Waals surface area contributed by atoms with Crippen molar-refractivity contribution >= 4 is 5.91 Å². The number of nitrogens with one attached hydrogen (secondary N) is 1. The van der Waals surface area contributed by atoms with Crippen LogP contribution >= 0.6 is 0 Å². The van der Waals surface area contributed by atoms with Gasteiger partial charge in [-0.1, -0.05) is 12.8 Å². The third-order valence-corrected chi connectivity index (χ3v) is 3.32. The van der Waals surface area contributed by atoms with Crippen LogP contribution in [-0.2, 0) is 4.79 Å². The molecule has 0 aromatic heterocycles. The van der Waals surface area contributed by atoms with Crippen LogP contribution in [0.5, 0.6) is 0 Å². The maximum atomic E-state index is 11.5. The minimum Gasteiger partial charge on any atom is -0.396 e. The molecular weight excluding hydrogens is 204 g/mol. The van der Waals surface area contributed by atoms with Gasteiger partial charge in [-0.25, -0.2) is 0 Å². The molecule has 1 aliphatic carbocycles. The van der Waals surface area contributed by atoms with E-state index in [-0.39, 0.29) is 12.5 Å². The Morgan fingerprint density at radius 2 is 1.94 bits per heavy atom. The Hall–Kier alpha value is -0.610. The second-order valence-corrected chi connectivity index (χ2v) is 5.03. The number of nitrogens with zero attached hydrogens (tertiary/aromatic N) is 1. The standard InChI is InChI=1S/C12H24N2O2/c1-14(2)8-12(16)13-7-10-5-3-4-6-11(10)9-15/h10-11,15H,3-9H2,1-2H3,(H,13,16). The summed E-state index contributed by atoms with van der Waals surface area (Å²) in [5, 5.41) is 12.2. The molecule has 1 rings (SSSR count). The predicted octanol–water partition coefficient (Wildman–Crippen LogP) is 0.463. The summed E-state index contributed by atoms with van der Waals surface area (Å²) in [5.74, 6) is 0.922. The number of rotatable bonds is 5. The largest absolute Gasteiger partial charge is 0.396 e. The van der Waals surface area contributed by atoms with Gasteiger partial charge in [0, 0.05) is 13.2 Å². The van der Waals surface area contributed by atoms with Gasteiger partial charge >= 0.3 is 0 Å². The van der Waals surface area contributed by atoms with Crippen LogP contribution in [0.15, 0.2) is 0 Å². The molecule has 4 nitrogen and oxygen atoms in total. The van der Waals surface area contributed by atoms with E-state index in [1.807, 2.05) is 19.0 Å². The molecule has 94 valence electrons. The van der Waals surface area contributed by atoms with Gasteiger partial charge in [0.05, 0.1) is 6.54 Å². The van der Waals surface area contributed by atoms with Gasteiger partial charge in [-0.05, 0) is 38.8 Å². The van der Waals surface area contributed by atoms with Crippen molar-refractivity contribution in [2.75, 3.05) is 33.8 Å². The third kappa shape index (κ3) is 4.49. The zero-order chi connectivity index (χ0) is 12.0. The average Bonchev–Trinajstić information content (AvgIpc) is 2.26. The zero-order valence-electron chi connectivity index (χ0n) is 10.4. The number of amides is 1. The van der Waals surface area contributed by atoms with E-state index in [1.54, 1.807) is 0 Å². The minimum atomic E-state index is 0.0762. The summed E-state index contributed by atoms with van der Waals surface area (Å²) in [5.41, 5.74) is 0. The second-order valence-electron chi connectivity index (χ2n) is 5.03. The lowest BCUT2D eigenvalue weighted by Crippen LogP contribution is -2.39. The fourth-order valence-electron chi connectivity index (χ4n) is 2.38. The van der Waals surface area contributed by atoms with Crippen molar-refractivity contribution in [2.45, 2.75) is 25.7 Å². The SMILES string of the molecule is CN(C)CC(=O)NCC1CCCCC1CO. The van der Waals surface area contributed by atoms with Crippen LogP contribution in [0.4, 0.5) is 0 Å². The van der Waals surface area contributed by atoms with Crippen molar-refractivity contribution in [1.29, 1.82) is 0 Å². The Bertz CT molecular complexity index is 219. The van der Waals surface area contributed by atoms with Crippen molar-refractivity contribution in [2.24, 2.45) is 11.8 Å². The Balaban J connectivity index is 2.27. The lowest BCUT2D eigenvalue weighted by molar-refractivity contribution is -0.122. The molecule has 2 N–H and O–H groups in total. The zero-order valence-corrected chi connectivity index (χ0v) is 10.4. The molecule has 16 heavy (non-hydrogen) atoms. The van der Waals surface area contributed by atoms with Crippen LogP contribution in [0, 0.1) is 11.8 Å². The van der Waals surface area contributed by atoms with E-state index in [0.717, 1.165) is 19.4 Å². The van der Waals surface area contributed by atoms with Crippen LogP contribution in [0.2, 0.25) is 0 Å². The van der Waals surface area contributed by atoms with Gasteiger partial charge in [-0.3, -0.25) is 4.79 Å². The molecule has 0 spiro atoms. The van der Waals surface area contributed by atoms with Crippen LogP contribution < -0.4 is 5.32 Å². The Labute approximate surface area is 98.0 Å². The fourth-order valence-corrected chi connectivity index (χ4v) is 2.38. The molecule has 0 radical (unpaired) electrons. The number of likely N-dealkylation sites (N-methyl/N-ethyl adjacent to an activating group) is 1. The number of hydrogen-bond donors (Lipinski definition) is 2. The molecule has 0 aromatic carbocycles. The molecule has 0 aromatic rings. The van der Waals surface area contributed by atoms with Gasteiger partial charge in [0.1, 0.15) is 0 Å². The summed E-state index contributed by atoms with van der Waals surface area (Å²) in [6, 6.07) is 0. The van der Waals surface area contributed by atoms with Gasteiger partial charge in [-0.2, -0.15) is 0 Å². The van der Waals surface area contributed by atoms with Crippen LogP contribution in [0.1, 0.15) is 25.7 Å². The van der Waals surface area contributed by atoms with Crippen molar-refractivity contribution in [1.82, 2.24) is 10.2 Å². The number of carbonyl (C=O) groups is 1. The summed E-state index contributed by atoms with van der Waals surface area (Å²) in [6.45, 7) is 1.42. The number of aliphatic hydroxyl groups is 1. The van der Waals surface area contributed by atoms with Crippen LogP contribution in [0.3, 0.4) is 0 Å². The van der Waals surface area contributed by atoms with Crippen molar-refractivity contribution in [3.05, 3.63) is 0 Å². The van der Waals surface area contributed by atoms with E-state index in [9.17, 15) is 9.90 Å². The van der Waals surface area contributed by atoms with Gasteiger partial charge in [0.15, 0.2) is 0 Å². The normalized spacial score (nSPS) is 25.8. The number of carbonyl (C=O) groups excluding carboxylic acids is 1. The van der Waals surface area contributed by atoms with E-state index in [2.05, 4.69) is 5.32 Å². The molecule has 4 heteroatoms. The Kier molecular flexibility index (Phi) is 5.77. The lowest BCUT2D eigenvalue weighted by Gasteiger charge is -2.30. The minimum absolute atomic E-state index is 0.0762. The van der Waals surface area contributed by atoms with Gasteiger partial charge in [0.25, 0.3) is 0 Å². The molecule has 2 atom stereocenters. The maximum Gasteiger partial charge on any atom is 0.234 e. The van der Waals surface area contributed by atoms with Gasteiger partial charge in [-0.15, -0.1) is 0 Å². The molecule has 0 saturated heterocycles. The highest BCUT2D eigenvalue weighted by atomic mass is 16.3. The van der Waals surface area contributed by atoms with E-state index in [0.29, 0.717) is 18.4 Å². The molecule has 1 fully saturated rings. The monoisotopic (exact) mass is 228 g/mol. The molecule has 0 bridgehead atoms. The van der Waals surface area contributed by atoms with Gasteiger partial charge in [0.2, 0.25) is 5.91 Å². The highest BCUT2D eigenvalue weighted by Gasteiger charge is 2.24. The topological polar surface area (TPSA) is 52.6 Å². The van der Waals surface area contributed by atoms with Crippen molar-refractivity contribution in [3.63, 3.8) is 0 Å². The van der Waals surface area contributed by atoms with Crippen LogP contribution in [0.25, 0.3) is 0 Å². The average molecular weight is 228 g/mol. The first-order chi connectivity index (χ1) is 7.63. The number of hydrogen-bond acceptors (Lipinski definition) is 3. The fraction of sp³-hybridized carbons (Fsp3) is 0.917. The highest BCUT2D eigenvalue weighted by molar-refractivity contribution is 5.77. The molecule has 1 saturated carbocycles. The summed E-state index contributed by atoms with van der Waals surface area (Å²) >= 11 is 0. The quantitative estimate of drug-likeness (QED) is 0.719. The molecule has 0 aliphatic heterocycles. The Morgan fingerprint density at radius 1 is 1.31 bits per heavy atom. The van der Waals surface area contributed by atoms with Crippen molar-refractivity contribution in [3.8, 4) is 0 Å². The third-order valence-electron chi connectivity index (χ3n) is 3.32. The summed E-state index contributed by atoms with van der Waals surface area (Å²) in [6.07, 6.45) is 4.68. The summed E-state index contributed by atoms with van der Waals surface area (Å²) in [7, 11) is 3.77. The first-order valence-electron chi connectivity index (χ1n) is 6.15. The highest BCUT2D eigenvalue weighted by Crippen LogP contribution is 2.28. The first-order valence-corrected chi connectivity index (χ1v) is 6.15. The molecule has 1 amide bonds. The Morgan fingerprint density at radius 3 is 2.50 bits per heavy atom. The van der Waals surface area contributed by atoms with E-state index in [1.165, 1.54) is 12.8 Å². The molecule has 2 unspecified atom stereocenters. The van der Waals surface area contributed by atoms with E-state index >= 15 is 0 Å². The second kappa shape index (κ2) is 6.86. The maximum absolute atomic E-state index is 11.5. The lowest BCUT2D eigenvalue weighted by atomic mass is 9.79. The molecule has 0 heterocycles. The first kappa shape index (κ1) is 13.5. The number of aliphatic hydroxyl groups excluding tert-OH is 1. The smallest absolute Gasteiger partial charge is 0.234 e. The van der Waals surface area contributed by atoms with Crippen LogP contribution in [-0.4, -0.2) is 49.7 Å². The summed E-state index contributed by atoms with van der Waals surface area (Å²) < 4.78 is 0. The molecule has 1 aliphatic rings. The van der Waals surface area contributed by atoms with Gasteiger partial charge < -0.3 is 15.3 Å². The van der Waals surface area contributed by atoms with Crippen molar-refractivity contribution < 1.29 is 9.90 Å². The van der Waals surface area contributed by atoms with E-state index < -0.39 is 0 Å².